The van der Waals surface area contributed by atoms with Crippen LogP contribution >= 0.6 is 0 Å². The molecule has 31 heavy (non-hydrogen) atoms. The van der Waals surface area contributed by atoms with E-state index < -0.39 is 17.2 Å². The molecule has 1 N–H and O–H groups in total. The second-order valence-electron chi connectivity index (χ2n) is 7.92. The maximum atomic E-state index is 13.3. The van der Waals surface area contributed by atoms with Crippen LogP contribution in [0.25, 0.3) is 11.0 Å². The van der Waals surface area contributed by atoms with Crippen LogP contribution < -0.4 is 15.7 Å². The fourth-order valence-corrected chi connectivity index (χ4v) is 4.04. The fourth-order valence-electron chi connectivity index (χ4n) is 4.04. The number of carbonyl (C=O) groups is 2. The molecule has 1 aromatic heterocycles. The summed E-state index contributed by atoms with van der Waals surface area (Å²) in [6, 6.07) is 13.9. The highest BCUT2D eigenvalue weighted by Crippen LogP contribution is 2.29. The molecule has 0 bridgehead atoms. The third-order valence-corrected chi connectivity index (χ3v) is 5.71. The lowest BCUT2D eigenvalue weighted by Crippen LogP contribution is -2.46. The number of methoxy groups -OCH3 is 1. The number of fused-ring (bicyclic) bond motifs is 1. The molecule has 0 aliphatic carbocycles. The summed E-state index contributed by atoms with van der Waals surface area (Å²) in [6.45, 7) is 3.70. The van der Waals surface area contributed by atoms with Crippen molar-refractivity contribution in [3.8, 4) is 5.75 Å². The molecular formula is C24H24N2O5. The number of urea groups is 1. The number of benzene rings is 2. The SMILES string of the molecule is CCc1ccc2c(CN3C(=O)N[C@@](C)(Cc4ccccc4OC)C3=O)cc(=O)oc2c1. The number of para-hydroxylation sites is 1. The molecule has 3 amide bonds. The molecule has 0 saturated carbocycles. The second kappa shape index (κ2) is 7.91. The van der Waals surface area contributed by atoms with Gasteiger partial charge in [-0.3, -0.25) is 9.69 Å². The standard InChI is InChI=1S/C24H24N2O5/c1-4-15-9-10-18-17(12-21(27)31-20(18)11-15)14-26-22(28)24(2,25-23(26)29)13-16-7-5-6-8-19(16)30-3/h5-12H,4,13-14H2,1-3H3,(H,25,29)/t24-/m0/s1. The lowest BCUT2D eigenvalue weighted by Gasteiger charge is -2.23. The van der Waals surface area contributed by atoms with E-state index in [0.29, 0.717) is 22.3 Å². The summed E-state index contributed by atoms with van der Waals surface area (Å²) < 4.78 is 10.7. The van der Waals surface area contributed by atoms with Gasteiger partial charge >= 0.3 is 11.7 Å². The van der Waals surface area contributed by atoms with Crippen molar-refractivity contribution >= 4 is 22.9 Å². The lowest BCUT2D eigenvalue weighted by atomic mass is 9.92. The van der Waals surface area contributed by atoms with Crippen LogP contribution in [0, 0.1) is 0 Å². The van der Waals surface area contributed by atoms with Crippen molar-refractivity contribution in [2.24, 2.45) is 0 Å². The summed E-state index contributed by atoms with van der Waals surface area (Å²) in [5.74, 6) is 0.303. The van der Waals surface area contributed by atoms with Crippen molar-refractivity contribution in [1.82, 2.24) is 10.2 Å². The molecule has 1 aliphatic rings. The van der Waals surface area contributed by atoms with Crippen molar-refractivity contribution in [1.29, 1.82) is 0 Å². The highest BCUT2D eigenvalue weighted by Gasteiger charge is 2.48. The average Bonchev–Trinajstić information content (AvgIpc) is 2.96. The van der Waals surface area contributed by atoms with Crippen molar-refractivity contribution in [3.63, 3.8) is 0 Å². The number of amides is 3. The van der Waals surface area contributed by atoms with E-state index in [1.165, 1.54) is 6.07 Å². The highest BCUT2D eigenvalue weighted by molar-refractivity contribution is 6.07. The van der Waals surface area contributed by atoms with Gasteiger partial charge in [-0.15, -0.1) is 0 Å². The van der Waals surface area contributed by atoms with Crippen LogP contribution in [0.2, 0.25) is 0 Å². The Morgan fingerprint density at radius 3 is 2.58 bits per heavy atom. The second-order valence-corrected chi connectivity index (χ2v) is 7.92. The number of hydrogen-bond donors (Lipinski definition) is 1. The molecule has 1 saturated heterocycles. The van der Waals surface area contributed by atoms with E-state index in [2.05, 4.69) is 5.32 Å². The molecule has 1 fully saturated rings. The number of ether oxygens (including phenoxy) is 1. The van der Waals surface area contributed by atoms with E-state index in [0.717, 1.165) is 22.4 Å². The first-order valence-electron chi connectivity index (χ1n) is 10.2. The molecule has 3 aromatic rings. The van der Waals surface area contributed by atoms with Crippen LogP contribution in [0.1, 0.15) is 30.5 Å². The molecule has 0 spiro atoms. The molecule has 0 radical (unpaired) electrons. The van der Waals surface area contributed by atoms with Crippen molar-refractivity contribution < 1.29 is 18.7 Å². The molecule has 1 aliphatic heterocycles. The molecule has 160 valence electrons. The summed E-state index contributed by atoms with van der Waals surface area (Å²) in [4.78, 5) is 39.2. The largest absolute Gasteiger partial charge is 0.496 e. The quantitative estimate of drug-likeness (QED) is 0.488. The number of nitrogens with zero attached hydrogens (tertiary/aromatic N) is 1. The first-order valence-corrected chi connectivity index (χ1v) is 10.2. The van der Waals surface area contributed by atoms with E-state index in [9.17, 15) is 14.4 Å². The zero-order chi connectivity index (χ0) is 22.2. The predicted molar refractivity (Wildman–Crippen MR) is 116 cm³/mol. The Morgan fingerprint density at radius 2 is 1.84 bits per heavy atom. The molecule has 7 nitrogen and oxygen atoms in total. The van der Waals surface area contributed by atoms with E-state index in [-0.39, 0.29) is 18.9 Å². The summed E-state index contributed by atoms with van der Waals surface area (Å²) in [7, 11) is 1.57. The zero-order valence-electron chi connectivity index (χ0n) is 17.7. The van der Waals surface area contributed by atoms with Gasteiger partial charge in [-0.2, -0.15) is 0 Å². The van der Waals surface area contributed by atoms with Crippen molar-refractivity contribution in [2.75, 3.05) is 7.11 Å². The Kier molecular flexibility index (Phi) is 5.27. The van der Waals surface area contributed by atoms with Crippen LogP contribution in [0.5, 0.6) is 5.75 Å². The van der Waals surface area contributed by atoms with Gasteiger partial charge in [0.1, 0.15) is 16.9 Å². The van der Waals surface area contributed by atoms with E-state index in [1.54, 1.807) is 14.0 Å². The minimum Gasteiger partial charge on any atom is -0.496 e. The lowest BCUT2D eigenvalue weighted by molar-refractivity contribution is -0.131. The minimum absolute atomic E-state index is 0.0141. The number of carbonyl (C=O) groups excluding carboxylic acids is 2. The average molecular weight is 420 g/mol. The van der Waals surface area contributed by atoms with E-state index in [1.807, 2.05) is 49.4 Å². The number of rotatable bonds is 6. The molecule has 4 rings (SSSR count). The molecular weight excluding hydrogens is 396 g/mol. The zero-order valence-corrected chi connectivity index (χ0v) is 17.7. The van der Waals surface area contributed by atoms with Crippen LogP contribution in [0.3, 0.4) is 0 Å². The number of hydrogen-bond acceptors (Lipinski definition) is 5. The Bertz CT molecular complexity index is 1230. The number of aryl methyl sites for hydroxylation is 1. The first-order chi connectivity index (χ1) is 14.8. The monoisotopic (exact) mass is 420 g/mol. The predicted octanol–water partition coefficient (Wildman–Crippen LogP) is 3.42. The maximum Gasteiger partial charge on any atom is 0.336 e. The summed E-state index contributed by atoms with van der Waals surface area (Å²) >= 11 is 0. The summed E-state index contributed by atoms with van der Waals surface area (Å²) in [5, 5.41) is 3.52. The molecule has 2 aromatic carbocycles. The van der Waals surface area contributed by atoms with Crippen LogP contribution in [-0.2, 0) is 24.2 Å². The normalized spacial score (nSPS) is 18.5. The van der Waals surface area contributed by atoms with Gasteiger partial charge in [-0.1, -0.05) is 37.3 Å². The van der Waals surface area contributed by atoms with Gasteiger partial charge in [-0.25, -0.2) is 9.59 Å². The van der Waals surface area contributed by atoms with Crippen LogP contribution in [0.4, 0.5) is 4.79 Å². The van der Waals surface area contributed by atoms with Gasteiger partial charge < -0.3 is 14.5 Å². The Hall–Kier alpha value is -3.61. The maximum absolute atomic E-state index is 13.3. The first kappa shape index (κ1) is 20.7. The van der Waals surface area contributed by atoms with Crippen LogP contribution in [0.15, 0.2) is 57.7 Å². The molecule has 2 heterocycles. The Morgan fingerprint density at radius 1 is 1.06 bits per heavy atom. The van der Waals surface area contributed by atoms with Crippen LogP contribution in [-0.4, -0.2) is 29.5 Å². The molecule has 1 atom stereocenters. The Balaban J connectivity index is 1.65. The van der Waals surface area contributed by atoms with Gasteiger partial charge in [0.25, 0.3) is 5.91 Å². The van der Waals surface area contributed by atoms with Crippen molar-refractivity contribution in [2.45, 2.75) is 38.8 Å². The van der Waals surface area contributed by atoms with Gasteiger partial charge in [0, 0.05) is 17.9 Å². The summed E-state index contributed by atoms with van der Waals surface area (Å²) in [5.41, 5.74) is 1.24. The van der Waals surface area contributed by atoms with Gasteiger partial charge in [0.15, 0.2) is 0 Å². The van der Waals surface area contributed by atoms with Gasteiger partial charge in [-0.05, 0) is 42.2 Å². The number of imide groups is 1. The van der Waals surface area contributed by atoms with E-state index >= 15 is 0 Å². The third-order valence-electron chi connectivity index (χ3n) is 5.71. The van der Waals surface area contributed by atoms with Gasteiger partial charge in [0.2, 0.25) is 0 Å². The fraction of sp³-hybridized carbons (Fsp3) is 0.292. The van der Waals surface area contributed by atoms with Gasteiger partial charge in [0.05, 0.1) is 13.7 Å². The highest BCUT2D eigenvalue weighted by atomic mass is 16.5. The molecule has 7 heteroatoms. The molecule has 0 unspecified atom stereocenters. The topological polar surface area (TPSA) is 88.9 Å². The number of nitrogens with one attached hydrogen (secondary N) is 1. The minimum atomic E-state index is -1.11. The third kappa shape index (κ3) is 3.79. The smallest absolute Gasteiger partial charge is 0.336 e. The van der Waals surface area contributed by atoms with Crippen molar-refractivity contribution in [3.05, 3.63) is 75.6 Å². The Labute approximate surface area is 179 Å². The van der Waals surface area contributed by atoms with E-state index in [4.69, 9.17) is 9.15 Å². The summed E-state index contributed by atoms with van der Waals surface area (Å²) in [6.07, 6.45) is 1.09.